The van der Waals surface area contributed by atoms with Gasteiger partial charge in [-0.25, -0.2) is 0 Å². The van der Waals surface area contributed by atoms with E-state index in [0.717, 1.165) is 9.87 Å². The number of aliphatic hydroxyl groups is 1. The molecule has 0 saturated heterocycles. The molecule has 2 unspecified atom stereocenters. The van der Waals surface area contributed by atoms with Crippen LogP contribution in [0.5, 0.6) is 0 Å². The third kappa shape index (κ3) is 5.59. The standard InChI is InChI=1S/C25H27N3O6S2/c1-28(36(31,32)22-12-7-13-34-22)20-11-6-10-18-14-19(27-23(18)20)24(29)26-15-21(25(30)33-2)35-16-17-8-4-3-5-9-17/h3-14,21,25,27,30H,15-16H2,1-2H3,(H,26,29). The molecule has 11 heteroatoms. The van der Waals surface area contributed by atoms with Gasteiger partial charge in [0.05, 0.1) is 22.7 Å². The van der Waals surface area contributed by atoms with Gasteiger partial charge in [-0.05, 0) is 29.8 Å². The summed E-state index contributed by atoms with van der Waals surface area (Å²) in [6, 6.07) is 19.5. The molecule has 0 bridgehead atoms. The zero-order valence-electron chi connectivity index (χ0n) is 19.7. The fraction of sp³-hybridized carbons (Fsp3) is 0.240. The minimum Gasteiger partial charge on any atom is -0.451 e. The Balaban J connectivity index is 1.49. The maximum Gasteiger partial charge on any atom is 0.297 e. The Morgan fingerprint density at radius 2 is 1.94 bits per heavy atom. The summed E-state index contributed by atoms with van der Waals surface area (Å²) in [6.45, 7) is 0.167. The lowest BCUT2D eigenvalue weighted by molar-refractivity contribution is -0.0726. The number of fused-ring (bicyclic) bond motifs is 1. The third-order valence-electron chi connectivity index (χ3n) is 5.66. The quantitative estimate of drug-likeness (QED) is 0.254. The molecule has 0 saturated carbocycles. The number of thioether (sulfide) groups is 1. The summed E-state index contributed by atoms with van der Waals surface area (Å²) in [5, 5.41) is 13.2. The summed E-state index contributed by atoms with van der Waals surface area (Å²) in [5.41, 5.74) is 2.22. The van der Waals surface area contributed by atoms with E-state index in [-0.39, 0.29) is 23.2 Å². The number of hydrogen-bond donors (Lipinski definition) is 3. The Morgan fingerprint density at radius 3 is 2.64 bits per heavy atom. The van der Waals surface area contributed by atoms with E-state index >= 15 is 0 Å². The van der Waals surface area contributed by atoms with Gasteiger partial charge >= 0.3 is 0 Å². The zero-order valence-corrected chi connectivity index (χ0v) is 21.4. The number of methoxy groups -OCH3 is 1. The Bertz CT molecular complexity index is 1400. The Hall–Kier alpha value is -3.25. The van der Waals surface area contributed by atoms with E-state index in [4.69, 9.17) is 9.15 Å². The van der Waals surface area contributed by atoms with Crippen molar-refractivity contribution >= 4 is 44.3 Å². The fourth-order valence-corrected chi connectivity index (χ4v) is 5.84. The van der Waals surface area contributed by atoms with Crippen LogP contribution in [0.25, 0.3) is 10.9 Å². The summed E-state index contributed by atoms with van der Waals surface area (Å²) in [7, 11) is -1.08. The van der Waals surface area contributed by atoms with Crippen LogP contribution in [-0.2, 0) is 20.5 Å². The average molecular weight is 530 g/mol. The SMILES string of the molecule is COC(O)C(CNC(=O)c1cc2cccc(N(C)S(=O)(=O)c3ccco3)c2[nH]1)SCc1ccccc1. The largest absolute Gasteiger partial charge is 0.451 e. The van der Waals surface area contributed by atoms with Gasteiger partial charge in [-0.2, -0.15) is 8.42 Å². The van der Waals surface area contributed by atoms with Crippen LogP contribution in [0.2, 0.25) is 0 Å². The number of anilines is 1. The number of furan rings is 1. The van der Waals surface area contributed by atoms with E-state index in [2.05, 4.69) is 10.3 Å². The van der Waals surface area contributed by atoms with Crippen molar-refractivity contribution in [3.63, 3.8) is 0 Å². The molecule has 0 aliphatic carbocycles. The van der Waals surface area contributed by atoms with Crippen LogP contribution in [0.4, 0.5) is 5.69 Å². The number of aromatic amines is 1. The van der Waals surface area contributed by atoms with E-state index in [0.29, 0.717) is 22.3 Å². The van der Waals surface area contributed by atoms with Crippen molar-refractivity contribution in [2.24, 2.45) is 0 Å². The maximum absolute atomic E-state index is 12.9. The van der Waals surface area contributed by atoms with Crippen LogP contribution in [0, 0.1) is 0 Å². The number of nitrogens with one attached hydrogen (secondary N) is 2. The number of rotatable bonds is 11. The van der Waals surface area contributed by atoms with Crippen LogP contribution in [0.15, 0.2) is 82.5 Å². The summed E-state index contributed by atoms with van der Waals surface area (Å²) in [5.74, 6) is 0.260. The minimum absolute atomic E-state index is 0.167. The molecular formula is C25H27N3O6S2. The molecule has 1 amide bonds. The molecule has 0 radical (unpaired) electrons. The van der Waals surface area contributed by atoms with Crippen LogP contribution in [0.3, 0.4) is 0 Å². The number of hydrogen-bond acceptors (Lipinski definition) is 7. The molecule has 0 fully saturated rings. The van der Waals surface area contributed by atoms with Gasteiger partial charge in [0.25, 0.3) is 15.9 Å². The van der Waals surface area contributed by atoms with E-state index in [1.807, 2.05) is 30.3 Å². The molecule has 36 heavy (non-hydrogen) atoms. The maximum atomic E-state index is 12.9. The van der Waals surface area contributed by atoms with Crippen molar-refractivity contribution in [1.29, 1.82) is 0 Å². The van der Waals surface area contributed by atoms with Crippen molar-refractivity contribution in [1.82, 2.24) is 10.3 Å². The lowest BCUT2D eigenvalue weighted by Crippen LogP contribution is -2.38. The molecule has 2 heterocycles. The number of ether oxygens (including phenoxy) is 1. The van der Waals surface area contributed by atoms with Crippen molar-refractivity contribution < 1.29 is 27.5 Å². The molecule has 4 aromatic rings. The first-order chi connectivity index (χ1) is 17.3. The van der Waals surface area contributed by atoms with Gasteiger partial charge in [-0.3, -0.25) is 9.10 Å². The predicted molar refractivity (Wildman–Crippen MR) is 139 cm³/mol. The van der Waals surface area contributed by atoms with Crippen LogP contribution >= 0.6 is 11.8 Å². The van der Waals surface area contributed by atoms with Gasteiger partial charge in [0, 0.05) is 31.8 Å². The summed E-state index contributed by atoms with van der Waals surface area (Å²) < 4.78 is 37.1. The Kier molecular flexibility index (Phi) is 8.04. The highest BCUT2D eigenvalue weighted by molar-refractivity contribution is 7.99. The van der Waals surface area contributed by atoms with Crippen molar-refractivity contribution in [3.8, 4) is 0 Å². The van der Waals surface area contributed by atoms with Gasteiger partial charge in [-0.1, -0.05) is 42.5 Å². The summed E-state index contributed by atoms with van der Waals surface area (Å²) >= 11 is 1.48. The van der Waals surface area contributed by atoms with Gasteiger partial charge in [0.2, 0.25) is 5.09 Å². The highest BCUT2D eigenvalue weighted by atomic mass is 32.2. The normalized spacial score (nSPS) is 13.4. The van der Waals surface area contributed by atoms with E-state index in [1.54, 1.807) is 24.3 Å². The monoisotopic (exact) mass is 529 g/mol. The van der Waals surface area contributed by atoms with Gasteiger partial charge in [0.1, 0.15) is 5.69 Å². The van der Waals surface area contributed by atoms with E-state index < -0.39 is 21.6 Å². The molecule has 190 valence electrons. The number of carbonyl (C=O) groups excluding carboxylic acids is 1. The number of sulfonamides is 1. The Morgan fingerprint density at radius 1 is 1.17 bits per heavy atom. The van der Waals surface area contributed by atoms with Crippen molar-refractivity contribution in [3.05, 3.63) is 84.3 Å². The number of benzene rings is 2. The van der Waals surface area contributed by atoms with E-state index in [1.165, 1.54) is 44.3 Å². The number of aliphatic hydroxyl groups excluding tert-OH is 1. The number of para-hydroxylation sites is 1. The lowest BCUT2D eigenvalue weighted by atomic mass is 10.2. The zero-order chi connectivity index (χ0) is 25.7. The van der Waals surface area contributed by atoms with E-state index in [9.17, 15) is 18.3 Å². The molecule has 4 rings (SSSR count). The fourth-order valence-electron chi connectivity index (χ4n) is 3.66. The number of aromatic nitrogens is 1. The number of nitrogens with zero attached hydrogens (tertiary/aromatic N) is 1. The lowest BCUT2D eigenvalue weighted by Gasteiger charge is -2.21. The van der Waals surface area contributed by atoms with Gasteiger partial charge < -0.3 is 24.6 Å². The minimum atomic E-state index is -3.91. The highest BCUT2D eigenvalue weighted by Gasteiger charge is 2.26. The first kappa shape index (κ1) is 25.8. The predicted octanol–water partition coefficient (Wildman–Crippen LogP) is 3.58. The first-order valence-electron chi connectivity index (χ1n) is 11.1. The molecule has 2 aromatic carbocycles. The summed E-state index contributed by atoms with van der Waals surface area (Å²) in [4.78, 5) is 16.0. The molecule has 2 atom stereocenters. The molecule has 2 aromatic heterocycles. The number of H-pyrrole nitrogens is 1. The molecule has 9 nitrogen and oxygen atoms in total. The molecule has 0 aliphatic rings. The van der Waals surface area contributed by atoms with Crippen LogP contribution < -0.4 is 9.62 Å². The topological polar surface area (TPSA) is 125 Å². The second-order valence-corrected chi connectivity index (χ2v) is 11.1. The summed E-state index contributed by atoms with van der Waals surface area (Å²) in [6.07, 6.45) is 0.235. The smallest absolute Gasteiger partial charge is 0.297 e. The highest BCUT2D eigenvalue weighted by Crippen LogP contribution is 2.30. The Labute approximate surface area is 213 Å². The van der Waals surface area contributed by atoms with Gasteiger partial charge in [-0.15, -0.1) is 11.8 Å². The third-order valence-corrected chi connectivity index (χ3v) is 8.64. The first-order valence-corrected chi connectivity index (χ1v) is 13.6. The van der Waals surface area contributed by atoms with Crippen LogP contribution in [-0.4, -0.2) is 56.7 Å². The average Bonchev–Trinajstić information content (AvgIpc) is 3.59. The second kappa shape index (κ2) is 11.2. The van der Waals surface area contributed by atoms with Crippen molar-refractivity contribution in [2.75, 3.05) is 25.0 Å². The molecule has 3 N–H and O–H groups in total. The van der Waals surface area contributed by atoms with Crippen LogP contribution in [0.1, 0.15) is 16.1 Å². The number of amides is 1. The molecule has 0 spiro atoms. The van der Waals surface area contributed by atoms with Crippen molar-refractivity contribution in [2.45, 2.75) is 22.4 Å². The molecule has 0 aliphatic heterocycles. The molecular weight excluding hydrogens is 502 g/mol. The second-order valence-electron chi connectivity index (χ2n) is 8.00. The number of carbonyl (C=O) groups is 1. The van der Waals surface area contributed by atoms with Gasteiger partial charge in [0.15, 0.2) is 6.29 Å².